The van der Waals surface area contributed by atoms with Crippen molar-refractivity contribution in [2.24, 2.45) is 0 Å². The molecule has 2 atom stereocenters. The third-order valence-electron chi connectivity index (χ3n) is 5.58. The number of carbonyl (C=O) groups is 1. The molecule has 25 heavy (non-hydrogen) atoms. The summed E-state index contributed by atoms with van der Waals surface area (Å²) in [6.07, 6.45) is 3.71. The van der Waals surface area contributed by atoms with Gasteiger partial charge >= 0.3 is 0 Å². The molecule has 2 aromatic heterocycles. The second-order valence-electron chi connectivity index (χ2n) is 7.08. The maximum atomic E-state index is 13.1. The molecule has 0 N–H and O–H groups in total. The van der Waals surface area contributed by atoms with Gasteiger partial charge in [0.1, 0.15) is 5.76 Å². The lowest BCUT2D eigenvalue weighted by Gasteiger charge is -2.28. The fourth-order valence-electron chi connectivity index (χ4n) is 4.18. The van der Waals surface area contributed by atoms with Crippen molar-refractivity contribution in [2.45, 2.75) is 51.6 Å². The zero-order chi connectivity index (χ0) is 17.4. The van der Waals surface area contributed by atoms with Crippen LogP contribution in [0.3, 0.4) is 0 Å². The normalized spacial score (nSPS) is 23.8. The van der Waals surface area contributed by atoms with Crippen molar-refractivity contribution >= 4 is 17.2 Å². The maximum Gasteiger partial charge on any atom is 0.229 e. The van der Waals surface area contributed by atoms with Gasteiger partial charge in [-0.1, -0.05) is 6.92 Å². The van der Waals surface area contributed by atoms with Crippen molar-refractivity contribution in [1.82, 2.24) is 14.8 Å². The first kappa shape index (κ1) is 16.8. The van der Waals surface area contributed by atoms with Gasteiger partial charge in [0.05, 0.1) is 12.1 Å². The summed E-state index contributed by atoms with van der Waals surface area (Å²) in [5, 5.41) is 4.03. The van der Waals surface area contributed by atoms with Crippen molar-refractivity contribution in [2.75, 3.05) is 19.6 Å². The van der Waals surface area contributed by atoms with E-state index in [1.807, 2.05) is 23.8 Å². The minimum absolute atomic E-state index is 0.207. The number of oxazole rings is 1. The van der Waals surface area contributed by atoms with E-state index in [1.54, 1.807) is 11.3 Å². The zero-order valence-corrected chi connectivity index (χ0v) is 15.7. The fraction of sp³-hybridized carbons (Fsp3) is 0.579. The van der Waals surface area contributed by atoms with Crippen LogP contribution < -0.4 is 0 Å². The van der Waals surface area contributed by atoms with Crippen LogP contribution in [-0.2, 0) is 11.2 Å². The predicted octanol–water partition coefficient (Wildman–Crippen LogP) is 3.34. The lowest BCUT2D eigenvalue weighted by atomic mass is 10.1. The zero-order valence-electron chi connectivity index (χ0n) is 14.9. The number of rotatable bonds is 4. The van der Waals surface area contributed by atoms with E-state index in [2.05, 4.69) is 21.7 Å². The molecule has 0 saturated carbocycles. The Balaban J connectivity index is 1.50. The highest BCUT2D eigenvalue weighted by Gasteiger charge is 2.39. The van der Waals surface area contributed by atoms with Gasteiger partial charge in [-0.2, -0.15) is 11.3 Å². The van der Waals surface area contributed by atoms with E-state index in [1.165, 1.54) is 0 Å². The van der Waals surface area contributed by atoms with Crippen LogP contribution in [0.15, 0.2) is 21.2 Å². The van der Waals surface area contributed by atoms with Gasteiger partial charge in [0.15, 0.2) is 0 Å². The van der Waals surface area contributed by atoms with Crippen LogP contribution in [-0.4, -0.2) is 52.4 Å². The van der Waals surface area contributed by atoms with E-state index < -0.39 is 0 Å². The first-order valence-corrected chi connectivity index (χ1v) is 10.1. The summed E-state index contributed by atoms with van der Waals surface area (Å²) in [6.45, 7) is 7.29. The topological polar surface area (TPSA) is 49.6 Å². The van der Waals surface area contributed by atoms with Gasteiger partial charge in [-0.25, -0.2) is 4.98 Å². The Bertz CT molecular complexity index is 740. The van der Waals surface area contributed by atoms with Crippen LogP contribution >= 0.6 is 11.3 Å². The van der Waals surface area contributed by atoms with Crippen LogP contribution in [0.1, 0.15) is 37.6 Å². The Hall–Kier alpha value is -1.66. The molecule has 2 aliphatic rings. The number of aryl methyl sites for hydroxylation is 1. The molecule has 2 unspecified atom stereocenters. The van der Waals surface area contributed by atoms with E-state index in [4.69, 9.17) is 4.42 Å². The van der Waals surface area contributed by atoms with Gasteiger partial charge in [-0.05, 0) is 44.2 Å². The van der Waals surface area contributed by atoms with Gasteiger partial charge in [0, 0.05) is 36.1 Å². The quantitative estimate of drug-likeness (QED) is 0.840. The molecule has 2 aliphatic heterocycles. The average molecular weight is 359 g/mol. The summed E-state index contributed by atoms with van der Waals surface area (Å²) in [4.78, 5) is 22.3. The molecule has 0 spiro atoms. The standard InChI is InChI=1S/C19H25N3O2S/c1-3-21-8-6-15-4-5-16(11-21)22(15)18(23)10-17-13(2)24-19(20-17)14-7-9-25-12-14/h7,9,12,15-16H,3-6,8,10-11H2,1-2H3. The Kier molecular flexibility index (Phi) is 4.65. The van der Waals surface area contributed by atoms with Crippen LogP contribution in [0.4, 0.5) is 0 Å². The molecular formula is C19H25N3O2S. The highest BCUT2D eigenvalue weighted by molar-refractivity contribution is 7.08. The minimum atomic E-state index is 0.207. The largest absolute Gasteiger partial charge is 0.441 e. The molecule has 2 aromatic rings. The van der Waals surface area contributed by atoms with Crippen molar-refractivity contribution in [3.8, 4) is 11.5 Å². The van der Waals surface area contributed by atoms with Gasteiger partial charge in [-0.3, -0.25) is 4.79 Å². The van der Waals surface area contributed by atoms with E-state index in [9.17, 15) is 4.79 Å². The molecule has 6 heteroatoms. The number of hydrogen-bond donors (Lipinski definition) is 0. The number of likely N-dealkylation sites (N-methyl/N-ethyl adjacent to an activating group) is 1. The van der Waals surface area contributed by atoms with Crippen LogP contribution in [0, 0.1) is 6.92 Å². The highest BCUT2D eigenvalue weighted by Crippen LogP contribution is 2.31. The molecule has 2 fully saturated rings. The van der Waals surface area contributed by atoms with Gasteiger partial charge in [-0.15, -0.1) is 0 Å². The maximum absolute atomic E-state index is 13.1. The highest BCUT2D eigenvalue weighted by atomic mass is 32.1. The van der Waals surface area contributed by atoms with Gasteiger partial charge in [0.2, 0.25) is 11.8 Å². The van der Waals surface area contributed by atoms with Crippen molar-refractivity contribution in [3.05, 3.63) is 28.3 Å². The lowest BCUT2D eigenvalue weighted by molar-refractivity contribution is -0.133. The Morgan fingerprint density at radius 2 is 2.20 bits per heavy atom. The monoisotopic (exact) mass is 359 g/mol. The first-order chi connectivity index (χ1) is 12.2. The second kappa shape index (κ2) is 6.92. The van der Waals surface area contributed by atoms with E-state index in [-0.39, 0.29) is 5.91 Å². The number of amides is 1. The molecule has 0 radical (unpaired) electrons. The predicted molar refractivity (Wildman–Crippen MR) is 98.6 cm³/mol. The summed E-state index contributed by atoms with van der Waals surface area (Å²) in [5.74, 6) is 1.59. The number of carbonyl (C=O) groups excluding carboxylic acids is 1. The number of hydrogen-bond acceptors (Lipinski definition) is 5. The number of fused-ring (bicyclic) bond motifs is 2. The molecule has 4 heterocycles. The SMILES string of the molecule is CCN1CCC2CCC(C1)N2C(=O)Cc1nc(-c2ccsc2)oc1C. The molecule has 1 amide bonds. The smallest absolute Gasteiger partial charge is 0.229 e. The number of thiophene rings is 1. The van der Waals surface area contributed by atoms with Crippen molar-refractivity contribution in [1.29, 1.82) is 0 Å². The summed E-state index contributed by atoms with van der Waals surface area (Å²) in [5.41, 5.74) is 1.77. The molecular weight excluding hydrogens is 334 g/mol. The van der Waals surface area contributed by atoms with Crippen LogP contribution in [0.5, 0.6) is 0 Å². The van der Waals surface area contributed by atoms with E-state index in [0.717, 1.165) is 55.9 Å². The molecule has 4 rings (SSSR count). The van der Waals surface area contributed by atoms with E-state index >= 15 is 0 Å². The molecule has 2 saturated heterocycles. The lowest BCUT2D eigenvalue weighted by Crippen LogP contribution is -2.43. The minimum Gasteiger partial charge on any atom is -0.441 e. The third kappa shape index (κ3) is 3.25. The van der Waals surface area contributed by atoms with Crippen LogP contribution in [0.25, 0.3) is 11.5 Å². The molecule has 5 nitrogen and oxygen atoms in total. The van der Waals surface area contributed by atoms with Gasteiger partial charge in [0.25, 0.3) is 0 Å². The number of aromatic nitrogens is 1. The Morgan fingerprint density at radius 3 is 2.96 bits per heavy atom. The molecule has 2 bridgehead atoms. The van der Waals surface area contributed by atoms with Crippen molar-refractivity contribution < 1.29 is 9.21 Å². The second-order valence-corrected chi connectivity index (χ2v) is 7.86. The summed E-state index contributed by atoms with van der Waals surface area (Å²) in [7, 11) is 0. The molecule has 0 aliphatic carbocycles. The van der Waals surface area contributed by atoms with Crippen molar-refractivity contribution in [3.63, 3.8) is 0 Å². The first-order valence-electron chi connectivity index (χ1n) is 9.18. The Morgan fingerprint density at radius 1 is 1.36 bits per heavy atom. The molecule has 134 valence electrons. The van der Waals surface area contributed by atoms with Crippen LogP contribution in [0.2, 0.25) is 0 Å². The van der Waals surface area contributed by atoms with Gasteiger partial charge < -0.3 is 14.2 Å². The third-order valence-corrected chi connectivity index (χ3v) is 6.27. The summed E-state index contributed by atoms with van der Waals surface area (Å²) in [6, 6.07) is 2.76. The Labute approximate surface area is 152 Å². The fourth-order valence-corrected chi connectivity index (χ4v) is 4.81. The average Bonchev–Trinajstić information content (AvgIpc) is 3.28. The number of likely N-dealkylation sites (tertiary alicyclic amines) is 1. The summed E-state index contributed by atoms with van der Waals surface area (Å²) >= 11 is 1.62. The van der Waals surface area contributed by atoms with E-state index in [0.29, 0.717) is 24.4 Å². The number of nitrogens with zero attached hydrogens (tertiary/aromatic N) is 3. The molecule has 0 aromatic carbocycles. The summed E-state index contributed by atoms with van der Waals surface area (Å²) < 4.78 is 5.79.